The molecule has 2 aliphatic heterocycles. The molecule has 8 heteroatoms. The number of piperidine rings is 1. The number of carbonyl (C=O) groups excluding carboxylic acids is 1. The maximum absolute atomic E-state index is 12.8. The number of carbonyl (C=O) groups is 1. The molecule has 1 amide bonds. The van der Waals surface area contributed by atoms with Crippen LogP contribution in [0.2, 0.25) is 0 Å². The van der Waals surface area contributed by atoms with E-state index in [0.29, 0.717) is 30.0 Å². The van der Waals surface area contributed by atoms with Crippen molar-refractivity contribution in [1.29, 1.82) is 0 Å². The molecule has 1 unspecified atom stereocenters. The maximum Gasteiger partial charge on any atom is 0.274 e. The SMILES string of the molecule is Cc1cc(C(=O)N2CCCC(Cc3nc(C4CCOCC4)no3)C2)nn1C. The Morgan fingerprint density at radius 1 is 1.30 bits per heavy atom. The zero-order valence-electron chi connectivity index (χ0n) is 16.1. The van der Waals surface area contributed by atoms with E-state index in [2.05, 4.69) is 15.2 Å². The van der Waals surface area contributed by atoms with Crippen molar-refractivity contribution in [2.75, 3.05) is 26.3 Å². The van der Waals surface area contributed by atoms with E-state index < -0.39 is 0 Å². The van der Waals surface area contributed by atoms with Gasteiger partial charge in [0.1, 0.15) is 0 Å². The number of rotatable bonds is 4. The van der Waals surface area contributed by atoms with E-state index in [1.807, 2.05) is 24.9 Å². The van der Waals surface area contributed by atoms with Gasteiger partial charge in [-0.15, -0.1) is 0 Å². The molecule has 0 aromatic carbocycles. The summed E-state index contributed by atoms with van der Waals surface area (Å²) in [6.45, 7) is 4.97. The predicted molar refractivity (Wildman–Crippen MR) is 97.4 cm³/mol. The average molecular weight is 373 g/mol. The van der Waals surface area contributed by atoms with E-state index >= 15 is 0 Å². The minimum absolute atomic E-state index is 0.0109. The molecule has 0 radical (unpaired) electrons. The lowest BCUT2D eigenvalue weighted by Crippen LogP contribution is -2.40. The van der Waals surface area contributed by atoms with Crippen LogP contribution in [0.3, 0.4) is 0 Å². The molecule has 0 saturated carbocycles. The molecule has 8 nitrogen and oxygen atoms in total. The highest BCUT2D eigenvalue weighted by Crippen LogP contribution is 2.26. The topological polar surface area (TPSA) is 86.3 Å². The van der Waals surface area contributed by atoms with Gasteiger partial charge in [-0.3, -0.25) is 9.48 Å². The minimum atomic E-state index is 0.0109. The molecule has 2 aromatic rings. The van der Waals surface area contributed by atoms with Crippen molar-refractivity contribution in [2.45, 2.75) is 44.9 Å². The second kappa shape index (κ2) is 7.80. The van der Waals surface area contributed by atoms with Crippen molar-refractivity contribution in [3.8, 4) is 0 Å². The minimum Gasteiger partial charge on any atom is -0.381 e. The van der Waals surface area contributed by atoms with E-state index in [1.165, 1.54) is 0 Å². The summed E-state index contributed by atoms with van der Waals surface area (Å²) < 4.78 is 12.6. The summed E-state index contributed by atoms with van der Waals surface area (Å²) in [7, 11) is 1.86. The van der Waals surface area contributed by atoms with Crippen LogP contribution in [0.1, 0.15) is 59.5 Å². The summed E-state index contributed by atoms with van der Waals surface area (Å²) in [6, 6.07) is 1.85. The summed E-state index contributed by atoms with van der Waals surface area (Å²) in [5.41, 5.74) is 1.51. The largest absolute Gasteiger partial charge is 0.381 e. The summed E-state index contributed by atoms with van der Waals surface area (Å²) in [5, 5.41) is 8.51. The first-order valence-electron chi connectivity index (χ1n) is 9.80. The van der Waals surface area contributed by atoms with Gasteiger partial charge < -0.3 is 14.2 Å². The summed E-state index contributed by atoms with van der Waals surface area (Å²) in [5.74, 6) is 2.19. The van der Waals surface area contributed by atoms with Crippen LogP contribution in [0.4, 0.5) is 0 Å². The molecule has 2 aromatic heterocycles. The van der Waals surface area contributed by atoms with Crippen LogP contribution in [0.15, 0.2) is 10.6 Å². The molecule has 1 atom stereocenters. The number of hydrogen-bond donors (Lipinski definition) is 0. The van der Waals surface area contributed by atoms with E-state index in [1.54, 1.807) is 4.68 Å². The fourth-order valence-electron chi connectivity index (χ4n) is 3.96. The van der Waals surface area contributed by atoms with Gasteiger partial charge in [-0.05, 0) is 44.6 Å². The highest BCUT2D eigenvalue weighted by atomic mass is 16.5. The molecule has 2 aliphatic rings. The van der Waals surface area contributed by atoms with Crippen LogP contribution in [0.25, 0.3) is 0 Å². The Bertz CT molecular complexity index is 774. The quantitative estimate of drug-likeness (QED) is 0.816. The fourth-order valence-corrected chi connectivity index (χ4v) is 3.96. The normalized spacial score (nSPS) is 21.6. The van der Waals surface area contributed by atoms with Gasteiger partial charge in [-0.25, -0.2) is 0 Å². The Balaban J connectivity index is 1.37. The number of aromatic nitrogens is 4. The summed E-state index contributed by atoms with van der Waals surface area (Å²) in [4.78, 5) is 19.3. The van der Waals surface area contributed by atoms with Crippen molar-refractivity contribution < 1.29 is 14.1 Å². The number of nitrogens with zero attached hydrogens (tertiary/aromatic N) is 5. The van der Waals surface area contributed by atoms with Gasteiger partial charge in [-0.1, -0.05) is 5.16 Å². The molecular weight excluding hydrogens is 346 g/mol. The molecule has 4 rings (SSSR count). The first kappa shape index (κ1) is 18.2. The second-order valence-corrected chi connectivity index (χ2v) is 7.69. The van der Waals surface area contributed by atoms with Crippen LogP contribution in [0, 0.1) is 12.8 Å². The molecule has 2 fully saturated rings. The number of ether oxygens (including phenoxy) is 1. The van der Waals surface area contributed by atoms with E-state index in [-0.39, 0.29) is 5.91 Å². The third-order valence-corrected chi connectivity index (χ3v) is 5.67. The predicted octanol–water partition coefficient (Wildman–Crippen LogP) is 2.10. The van der Waals surface area contributed by atoms with Gasteiger partial charge in [0.15, 0.2) is 11.5 Å². The van der Waals surface area contributed by atoms with Crippen LogP contribution < -0.4 is 0 Å². The molecule has 0 spiro atoms. The van der Waals surface area contributed by atoms with Crippen molar-refractivity contribution in [2.24, 2.45) is 13.0 Å². The van der Waals surface area contributed by atoms with Gasteiger partial charge in [0.25, 0.3) is 5.91 Å². The van der Waals surface area contributed by atoms with Gasteiger partial charge >= 0.3 is 0 Å². The molecule has 0 N–H and O–H groups in total. The van der Waals surface area contributed by atoms with Crippen LogP contribution in [-0.4, -0.2) is 57.0 Å². The number of hydrogen-bond acceptors (Lipinski definition) is 6. The average Bonchev–Trinajstić information content (AvgIpc) is 3.29. The summed E-state index contributed by atoms with van der Waals surface area (Å²) in [6.07, 6.45) is 4.69. The van der Waals surface area contributed by atoms with Gasteiger partial charge in [-0.2, -0.15) is 10.1 Å². The van der Waals surface area contributed by atoms with Crippen molar-refractivity contribution in [3.63, 3.8) is 0 Å². The lowest BCUT2D eigenvalue weighted by atomic mass is 9.94. The Labute approximate surface area is 158 Å². The molecule has 0 bridgehead atoms. The van der Waals surface area contributed by atoms with Gasteiger partial charge in [0.05, 0.1) is 0 Å². The van der Waals surface area contributed by atoms with Gasteiger partial charge in [0.2, 0.25) is 5.89 Å². The molecule has 0 aliphatic carbocycles. The smallest absolute Gasteiger partial charge is 0.274 e. The van der Waals surface area contributed by atoms with Crippen LogP contribution in [0.5, 0.6) is 0 Å². The summed E-state index contributed by atoms with van der Waals surface area (Å²) >= 11 is 0. The third kappa shape index (κ3) is 4.05. The Morgan fingerprint density at radius 2 is 2.11 bits per heavy atom. The second-order valence-electron chi connectivity index (χ2n) is 7.69. The Morgan fingerprint density at radius 3 is 2.85 bits per heavy atom. The van der Waals surface area contributed by atoms with E-state index in [4.69, 9.17) is 9.26 Å². The molecule has 27 heavy (non-hydrogen) atoms. The monoisotopic (exact) mass is 373 g/mol. The lowest BCUT2D eigenvalue weighted by molar-refractivity contribution is 0.0661. The van der Waals surface area contributed by atoms with Crippen molar-refractivity contribution >= 4 is 5.91 Å². The number of aryl methyl sites for hydroxylation is 2. The highest BCUT2D eigenvalue weighted by Gasteiger charge is 2.28. The number of amides is 1. The zero-order valence-corrected chi connectivity index (χ0v) is 16.1. The van der Waals surface area contributed by atoms with Crippen LogP contribution in [-0.2, 0) is 18.2 Å². The standard InChI is InChI=1S/C19H27N5O3/c1-13-10-16(21-23(13)2)19(25)24-7-3-4-14(12-24)11-17-20-18(22-27-17)15-5-8-26-9-6-15/h10,14-15H,3-9,11-12H2,1-2H3. The zero-order chi connectivity index (χ0) is 18.8. The first-order valence-corrected chi connectivity index (χ1v) is 9.80. The number of likely N-dealkylation sites (tertiary alicyclic amines) is 1. The molecular formula is C19H27N5O3. The molecule has 4 heterocycles. The fraction of sp³-hybridized carbons (Fsp3) is 0.684. The van der Waals surface area contributed by atoms with Crippen molar-refractivity contribution in [1.82, 2.24) is 24.8 Å². The van der Waals surface area contributed by atoms with Crippen molar-refractivity contribution in [3.05, 3.63) is 29.2 Å². The Kier molecular flexibility index (Phi) is 5.24. The Hall–Kier alpha value is -2.22. The highest BCUT2D eigenvalue weighted by molar-refractivity contribution is 5.92. The first-order chi connectivity index (χ1) is 13.1. The lowest BCUT2D eigenvalue weighted by Gasteiger charge is -2.31. The third-order valence-electron chi connectivity index (χ3n) is 5.67. The molecule has 2 saturated heterocycles. The van der Waals surface area contributed by atoms with Gasteiger partial charge in [0, 0.05) is 51.4 Å². The van der Waals surface area contributed by atoms with E-state index in [0.717, 1.165) is 63.4 Å². The molecule has 146 valence electrons. The van der Waals surface area contributed by atoms with E-state index in [9.17, 15) is 4.79 Å². The maximum atomic E-state index is 12.8. The van der Waals surface area contributed by atoms with Crippen LogP contribution >= 0.6 is 0 Å².